The normalized spacial score (nSPS) is 14.2. The van der Waals surface area contributed by atoms with Crippen LogP contribution in [0.3, 0.4) is 0 Å². The van der Waals surface area contributed by atoms with E-state index in [1.807, 2.05) is 30.9 Å². The van der Waals surface area contributed by atoms with Gasteiger partial charge in [0.1, 0.15) is 6.04 Å². The first kappa shape index (κ1) is 19.0. The summed E-state index contributed by atoms with van der Waals surface area (Å²) in [6, 6.07) is 7.54. The van der Waals surface area contributed by atoms with E-state index in [4.69, 9.17) is 0 Å². The van der Waals surface area contributed by atoms with Crippen molar-refractivity contribution in [1.82, 2.24) is 15.5 Å². The van der Waals surface area contributed by atoms with Gasteiger partial charge >= 0.3 is 0 Å². The fourth-order valence-corrected chi connectivity index (χ4v) is 2.98. The second kappa shape index (κ2) is 8.65. The van der Waals surface area contributed by atoms with Crippen LogP contribution in [0.4, 0.5) is 0 Å². The Bertz CT molecular complexity index is 618. The van der Waals surface area contributed by atoms with Crippen molar-refractivity contribution >= 4 is 17.7 Å². The summed E-state index contributed by atoms with van der Waals surface area (Å²) in [7, 11) is 0. The lowest BCUT2D eigenvalue weighted by atomic mass is 10.0. The third kappa shape index (κ3) is 5.31. The molecule has 136 valence electrons. The van der Waals surface area contributed by atoms with Crippen molar-refractivity contribution in [2.24, 2.45) is 5.92 Å². The largest absolute Gasteiger partial charge is 0.354 e. The van der Waals surface area contributed by atoms with Gasteiger partial charge in [0.15, 0.2) is 0 Å². The Kier molecular flexibility index (Phi) is 6.56. The van der Waals surface area contributed by atoms with Crippen LogP contribution in [-0.2, 0) is 27.5 Å². The molecular formula is C19H27N3O3. The molecule has 2 rings (SSSR count). The molecule has 1 aromatic carbocycles. The number of rotatable bonds is 7. The zero-order valence-corrected chi connectivity index (χ0v) is 15.2. The lowest BCUT2D eigenvalue weighted by Gasteiger charge is -2.21. The topological polar surface area (TPSA) is 78.5 Å². The third-order valence-corrected chi connectivity index (χ3v) is 4.37. The number of hydrogen-bond acceptors (Lipinski definition) is 3. The van der Waals surface area contributed by atoms with Gasteiger partial charge in [-0.15, -0.1) is 0 Å². The molecule has 0 aliphatic carbocycles. The minimum Gasteiger partial charge on any atom is -0.354 e. The fourth-order valence-electron chi connectivity index (χ4n) is 2.98. The molecule has 1 aliphatic rings. The second-order valence-corrected chi connectivity index (χ2v) is 6.84. The van der Waals surface area contributed by atoms with E-state index in [9.17, 15) is 14.4 Å². The van der Waals surface area contributed by atoms with Gasteiger partial charge in [0.05, 0.1) is 0 Å². The highest BCUT2D eigenvalue weighted by molar-refractivity contribution is 5.87. The Balaban J connectivity index is 1.71. The first-order valence-electron chi connectivity index (χ1n) is 8.78. The lowest BCUT2D eigenvalue weighted by Crippen LogP contribution is -2.49. The molecule has 1 aromatic rings. The fraction of sp³-hybridized carbons (Fsp3) is 0.526. The molecule has 1 heterocycles. The minimum atomic E-state index is -0.540. The van der Waals surface area contributed by atoms with Crippen LogP contribution < -0.4 is 10.6 Å². The van der Waals surface area contributed by atoms with Crippen LogP contribution in [0.25, 0.3) is 0 Å². The van der Waals surface area contributed by atoms with Crippen molar-refractivity contribution in [2.75, 3.05) is 6.54 Å². The maximum Gasteiger partial charge on any atom is 0.242 e. The summed E-state index contributed by atoms with van der Waals surface area (Å²) in [5.74, 6) is -0.315. The summed E-state index contributed by atoms with van der Waals surface area (Å²) in [4.78, 5) is 37.5. The van der Waals surface area contributed by atoms with E-state index in [1.54, 1.807) is 0 Å². The zero-order chi connectivity index (χ0) is 18.4. The van der Waals surface area contributed by atoms with Crippen LogP contribution in [0.1, 0.15) is 44.7 Å². The molecule has 1 aliphatic heterocycles. The van der Waals surface area contributed by atoms with Gasteiger partial charge in [-0.1, -0.05) is 38.1 Å². The summed E-state index contributed by atoms with van der Waals surface area (Å²) in [6.45, 7) is 6.92. The molecular weight excluding hydrogens is 318 g/mol. The van der Waals surface area contributed by atoms with Gasteiger partial charge in [-0.25, -0.2) is 0 Å². The Morgan fingerprint density at radius 3 is 2.24 bits per heavy atom. The van der Waals surface area contributed by atoms with E-state index < -0.39 is 6.04 Å². The number of nitrogens with zero attached hydrogens (tertiary/aromatic N) is 1. The van der Waals surface area contributed by atoms with Crippen molar-refractivity contribution < 1.29 is 14.4 Å². The summed E-state index contributed by atoms with van der Waals surface area (Å²) in [5.41, 5.74) is 2.42. The van der Waals surface area contributed by atoms with Gasteiger partial charge in [0.25, 0.3) is 0 Å². The average molecular weight is 345 g/mol. The Morgan fingerprint density at radius 1 is 1.12 bits per heavy atom. The molecule has 6 nitrogen and oxygen atoms in total. The van der Waals surface area contributed by atoms with E-state index in [2.05, 4.69) is 22.8 Å². The summed E-state index contributed by atoms with van der Waals surface area (Å²) in [6.07, 6.45) is 0.989. The molecule has 3 amide bonds. The molecule has 0 saturated heterocycles. The summed E-state index contributed by atoms with van der Waals surface area (Å²) < 4.78 is 0. The second-order valence-electron chi connectivity index (χ2n) is 6.84. The van der Waals surface area contributed by atoms with Crippen molar-refractivity contribution in [3.8, 4) is 0 Å². The highest BCUT2D eigenvalue weighted by Gasteiger charge is 2.24. The first-order valence-corrected chi connectivity index (χ1v) is 8.78. The average Bonchev–Trinajstić information content (AvgIpc) is 3.00. The molecule has 2 N–H and O–H groups in total. The van der Waals surface area contributed by atoms with Gasteiger partial charge in [-0.05, 0) is 23.5 Å². The van der Waals surface area contributed by atoms with Crippen LogP contribution in [0.15, 0.2) is 24.3 Å². The molecule has 0 radical (unpaired) electrons. The van der Waals surface area contributed by atoms with E-state index in [0.29, 0.717) is 32.5 Å². The van der Waals surface area contributed by atoms with Crippen molar-refractivity contribution in [1.29, 1.82) is 0 Å². The van der Waals surface area contributed by atoms with Crippen LogP contribution >= 0.6 is 0 Å². The van der Waals surface area contributed by atoms with Gasteiger partial charge in [0, 0.05) is 33.0 Å². The van der Waals surface area contributed by atoms with Crippen LogP contribution in [0.2, 0.25) is 0 Å². The first-order chi connectivity index (χ1) is 11.9. The number of hydrogen-bond donors (Lipinski definition) is 2. The molecule has 0 unspecified atom stereocenters. The quantitative estimate of drug-likeness (QED) is 0.737. The maximum absolute atomic E-state index is 12.3. The Labute approximate surface area is 149 Å². The minimum absolute atomic E-state index is 0.00800. The van der Waals surface area contributed by atoms with Crippen LogP contribution in [0.5, 0.6) is 0 Å². The molecule has 25 heavy (non-hydrogen) atoms. The molecule has 0 saturated carbocycles. The van der Waals surface area contributed by atoms with Gasteiger partial charge < -0.3 is 15.5 Å². The Hall–Kier alpha value is -2.37. The molecule has 0 fully saturated rings. The van der Waals surface area contributed by atoms with Gasteiger partial charge in [-0.2, -0.15) is 0 Å². The SMILES string of the molecule is CC(=O)N[C@@H](C(=O)NCCCC(=O)N1Cc2ccccc2C1)C(C)C. The number of nitrogens with one attached hydrogen (secondary N) is 2. The Morgan fingerprint density at radius 2 is 1.72 bits per heavy atom. The highest BCUT2D eigenvalue weighted by Crippen LogP contribution is 2.22. The number of carbonyl (C=O) groups is 3. The zero-order valence-electron chi connectivity index (χ0n) is 15.2. The van der Waals surface area contributed by atoms with Crippen molar-refractivity contribution in [2.45, 2.75) is 52.7 Å². The monoisotopic (exact) mass is 345 g/mol. The maximum atomic E-state index is 12.3. The van der Waals surface area contributed by atoms with Crippen molar-refractivity contribution in [3.05, 3.63) is 35.4 Å². The van der Waals surface area contributed by atoms with E-state index in [0.717, 1.165) is 0 Å². The predicted molar refractivity (Wildman–Crippen MR) is 95.4 cm³/mol. The molecule has 0 bridgehead atoms. The van der Waals surface area contributed by atoms with E-state index in [-0.39, 0.29) is 23.6 Å². The number of carbonyl (C=O) groups excluding carboxylic acids is 3. The molecule has 1 atom stereocenters. The highest BCUT2D eigenvalue weighted by atomic mass is 16.2. The summed E-state index contributed by atoms with van der Waals surface area (Å²) in [5, 5.41) is 5.47. The number of amides is 3. The standard InChI is InChI=1S/C19H27N3O3/c1-13(2)18(21-14(3)23)19(25)20-10-6-9-17(24)22-11-15-7-4-5-8-16(15)12-22/h4-5,7-8,13,18H,6,9-12H2,1-3H3,(H,20,25)(H,21,23)/t18-/m1/s1. The van der Waals surface area contributed by atoms with Gasteiger partial charge in [-0.3, -0.25) is 14.4 Å². The summed E-state index contributed by atoms with van der Waals surface area (Å²) >= 11 is 0. The molecule has 0 aromatic heterocycles. The van der Waals surface area contributed by atoms with E-state index >= 15 is 0 Å². The number of benzene rings is 1. The van der Waals surface area contributed by atoms with Gasteiger partial charge in [0.2, 0.25) is 17.7 Å². The third-order valence-electron chi connectivity index (χ3n) is 4.37. The van der Waals surface area contributed by atoms with E-state index in [1.165, 1.54) is 18.1 Å². The van der Waals surface area contributed by atoms with Crippen LogP contribution in [-0.4, -0.2) is 35.2 Å². The number of fused-ring (bicyclic) bond motifs is 1. The lowest BCUT2D eigenvalue weighted by molar-refractivity contribution is -0.132. The van der Waals surface area contributed by atoms with Crippen molar-refractivity contribution in [3.63, 3.8) is 0 Å². The molecule has 6 heteroatoms. The smallest absolute Gasteiger partial charge is 0.242 e. The van der Waals surface area contributed by atoms with Crippen LogP contribution in [0, 0.1) is 5.92 Å². The molecule has 0 spiro atoms. The predicted octanol–water partition coefficient (Wildman–Crippen LogP) is 1.59.